The number of nitrogens with zero attached hydrogens (tertiary/aromatic N) is 1. The third-order valence-electron chi connectivity index (χ3n) is 2.24. The van der Waals surface area contributed by atoms with E-state index in [9.17, 15) is 4.79 Å². The van der Waals surface area contributed by atoms with Crippen LogP contribution in [0.1, 0.15) is 10.4 Å². The van der Waals surface area contributed by atoms with Crippen LogP contribution in [0.15, 0.2) is 24.5 Å². The van der Waals surface area contributed by atoms with Crippen LogP contribution in [0.5, 0.6) is 0 Å². The van der Waals surface area contributed by atoms with Crippen LogP contribution in [0.4, 0.5) is 0 Å². The lowest BCUT2D eigenvalue weighted by molar-refractivity contribution is -0.698. The van der Waals surface area contributed by atoms with E-state index in [2.05, 4.69) is 0 Å². The van der Waals surface area contributed by atoms with Crippen LogP contribution in [-0.2, 0) is 16.0 Å². The number of rotatable bonds is 9. The van der Waals surface area contributed by atoms with Crippen molar-refractivity contribution in [2.45, 2.75) is 6.54 Å². The Morgan fingerprint density at radius 3 is 2.58 bits per heavy atom. The number of hydrogen-bond acceptors (Lipinski definition) is 4. The second kappa shape index (κ2) is 10.9. The second-order valence-electron chi connectivity index (χ2n) is 3.64. The molecule has 1 aromatic heterocycles. The Labute approximate surface area is 122 Å². The van der Waals surface area contributed by atoms with Crippen molar-refractivity contribution in [2.75, 3.05) is 33.0 Å². The minimum atomic E-state index is -0.442. The van der Waals surface area contributed by atoms with Crippen molar-refractivity contribution in [1.82, 2.24) is 0 Å². The molecule has 0 bridgehead atoms. The molecule has 0 unspecified atom stereocenters. The van der Waals surface area contributed by atoms with Gasteiger partial charge in [0.25, 0.3) is 5.91 Å². The highest BCUT2D eigenvalue weighted by molar-refractivity contribution is 5.92. The van der Waals surface area contributed by atoms with E-state index in [1.165, 1.54) is 0 Å². The summed E-state index contributed by atoms with van der Waals surface area (Å²) in [5.74, 6) is -0.442. The van der Waals surface area contributed by atoms with Gasteiger partial charge in [0.15, 0.2) is 18.9 Å². The first-order valence-electron chi connectivity index (χ1n) is 5.79. The molecule has 0 aromatic carbocycles. The molecule has 3 N–H and O–H groups in total. The van der Waals surface area contributed by atoms with Crippen molar-refractivity contribution in [3.63, 3.8) is 0 Å². The van der Waals surface area contributed by atoms with Crippen LogP contribution < -0.4 is 27.3 Å². The number of halogens is 1. The molecule has 0 spiro atoms. The molecular weight excluding hydrogens is 316 g/mol. The molecule has 0 aliphatic heterocycles. The Morgan fingerprint density at radius 2 is 1.95 bits per heavy atom. The highest BCUT2D eigenvalue weighted by Crippen LogP contribution is 1.91. The van der Waals surface area contributed by atoms with Crippen LogP contribution in [0.25, 0.3) is 0 Å². The van der Waals surface area contributed by atoms with Gasteiger partial charge in [0, 0.05) is 6.07 Å². The normalized spacial score (nSPS) is 9.95. The fourth-order valence-corrected chi connectivity index (χ4v) is 1.36. The number of carbonyl (C=O) groups is 1. The van der Waals surface area contributed by atoms with Crippen molar-refractivity contribution >= 4 is 5.91 Å². The number of nitrogens with two attached hydrogens (primary N) is 1. The summed E-state index contributed by atoms with van der Waals surface area (Å²) in [6.07, 6.45) is 3.53. The maximum absolute atomic E-state index is 11.0. The molecule has 0 aliphatic carbocycles. The second-order valence-corrected chi connectivity index (χ2v) is 3.64. The number of aliphatic hydroxyl groups is 1. The van der Waals surface area contributed by atoms with Gasteiger partial charge in [-0.15, -0.1) is 0 Å². The van der Waals surface area contributed by atoms with Gasteiger partial charge >= 0.3 is 0 Å². The van der Waals surface area contributed by atoms with E-state index < -0.39 is 5.91 Å². The average molecular weight is 335 g/mol. The van der Waals surface area contributed by atoms with Crippen LogP contribution >= 0.6 is 0 Å². The molecule has 108 valence electrons. The minimum absolute atomic E-state index is 0. The minimum Gasteiger partial charge on any atom is -1.00 e. The zero-order valence-electron chi connectivity index (χ0n) is 10.6. The predicted octanol–water partition coefficient (Wildman–Crippen LogP) is -3.90. The molecule has 0 fully saturated rings. The summed E-state index contributed by atoms with van der Waals surface area (Å²) in [5.41, 5.74) is 5.66. The molecule has 0 atom stereocenters. The van der Waals surface area contributed by atoms with Crippen LogP contribution in [0, 0.1) is 0 Å². The Balaban J connectivity index is 0.00000324. The monoisotopic (exact) mass is 334 g/mol. The first-order chi connectivity index (χ1) is 8.74. The van der Waals surface area contributed by atoms with Crippen LogP contribution in [0.3, 0.4) is 0 Å². The zero-order chi connectivity index (χ0) is 13.2. The molecular formula is C12H19BrN2O4. The summed E-state index contributed by atoms with van der Waals surface area (Å²) in [6.45, 7) is 2.47. The van der Waals surface area contributed by atoms with E-state index in [0.29, 0.717) is 38.5 Å². The summed E-state index contributed by atoms with van der Waals surface area (Å²) >= 11 is 0. The van der Waals surface area contributed by atoms with E-state index >= 15 is 0 Å². The van der Waals surface area contributed by atoms with E-state index in [4.69, 9.17) is 20.3 Å². The van der Waals surface area contributed by atoms with Gasteiger partial charge in [-0.2, -0.15) is 0 Å². The molecule has 1 amide bonds. The Morgan fingerprint density at radius 1 is 1.26 bits per heavy atom. The Hall–Kier alpha value is -1.02. The summed E-state index contributed by atoms with van der Waals surface area (Å²) in [4.78, 5) is 11.0. The van der Waals surface area contributed by atoms with E-state index in [1.807, 2.05) is 10.8 Å². The highest BCUT2D eigenvalue weighted by atomic mass is 79.9. The molecule has 0 saturated heterocycles. The van der Waals surface area contributed by atoms with Gasteiger partial charge in [-0.05, 0) is 6.07 Å². The Bertz CT molecular complexity index is 377. The van der Waals surface area contributed by atoms with Crippen LogP contribution in [0.2, 0.25) is 0 Å². The van der Waals surface area contributed by atoms with Gasteiger partial charge in [-0.3, -0.25) is 4.79 Å². The van der Waals surface area contributed by atoms with Gasteiger partial charge in [-0.1, -0.05) is 0 Å². The molecule has 0 aliphatic rings. The SMILES string of the molecule is NC(=O)c1ccc[n+](CCOCCOCCO)c1.[Br-]. The average Bonchev–Trinajstić information content (AvgIpc) is 2.38. The molecule has 1 heterocycles. The van der Waals surface area contributed by atoms with Gasteiger partial charge in [0.05, 0.1) is 26.4 Å². The molecule has 0 radical (unpaired) electrons. The zero-order valence-corrected chi connectivity index (χ0v) is 12.2. The number of amides is 1. The third-order valence-corrected chi connectivity index (χ3v) is 2.24. The standard InChI is InChI=1S/C12H18N2O4.BrH/c13-12(16)11-2-1-3-14(10-11)4-6-17-8-9-18-7-5-15;/h1-3,10,15H,4-9H2,(H-,13,16);1H. The predicted molar refractivity (Wildman–Crippen MR) is 63.9 cm³/mol. The lowest BCUT2D eigenvalue weighted by Crippen LogP contribution is -3.00. The summed E-state index contributed by atoms with van der Waals surface area (Å²) in [5, 5.41) is 8.48. The number of aliphatic hydroxyl groups excluding tert-OH is 1. The van der Waals surface area contributed by atoms with Crippen molar-refractivity contribution in [3.05, 3.63) is 30.1 Å². The topological polar surface area (TPSA) is 85.7 Å². The quantitative estimate of drug-likeness (QED) is 0.357. The first-order valence-corrected chi connectivity index (χ1v) is 5.79. The molecule has 19 heavy (non-hydrogen) atoms. The number of pyridine rings is 1. The van der Waals surface area contributed by atoms with E-state index in [0.717, 1.165) is 0 Å². The molecule has 7 heteroatoms. The summed E-state index contributed by atoms with van der Waals surface area (Å²) < 4.78 is 12.2. The maximum Gasteiger partial charge on any atom is 0.254 e. The molecule has 1 rings (SSSR count). The van der Waals surface area contributed by atoms with Gasteiger partial charge in [-0.25, -0.2) is 4.57 Å². The van der Waals surface area contributed by atoms with Gasteiger partial charge in [0.1, 0.15) is 12.2 Å². The number of hydrogen-bond donors (Lipinski definition) is 2. The highest BCUT2D eigenvalue weighted by Gasteiger charge is 2.06. The van der Waals surface area contributed by atoms with Crippen molar-refractivity contribution < 1.29 is 40.9 Å². The van der Waals surface area contributed by atoms with Crippen molar-refractivity contribution in [1.29, 1.82) is 0 Å². The molecule has 1 aromatic rings. The number of carbonyl (C=O) groups excluding carboxylic acids is 1. The fraction of sp³-hybridized carbons (Fsp3) is 0.500. The van der Waals surface area contributed by atoms with Gasteiger partial charge < -0.3 is 37.3 Å². The largest absolute Gasteiger partial charge is 1.00 e. The van der Waals surface area contributed by atoms with E-state index in [-0.39, 0.29) is 23.6 Å². The number of aromatic nitrogens is 1. The lowest BCUT2D eigenvalue weighted by atomic mass is 10.3. The third kappa shape index (κ3) is 7.89. The van der Waals surface area contributed by atoms with Crippen molar-refractivity contribution in [2.24, 2.45) is 5.73 Å². The Kier molecular flexibility index (Phi) is 10.3. The lowest BCUT2D eigenvalue weighted by Gasteiger charge is -2.03. The molecule has 0 saturated carbocycles. The first kappa shape index (κ1) is 18.0. The number of ether oxygens (including phenoxy) is 2. The smallest absolute Gasteiger partial charge is 0.254 e. The summed E-state index contributed by atoms with van der Waals surface area (Å²) in [7, 11) is 0. The molecule has 6 nitrogen and oxygen atoms in total. The van der Waals surface area contributed by atoms with Gasteiger partial charge in [0.2, 0.25) is 0 Å². The maximum atomic E-state index is 11.0. The van der Waals surface area contributed by atoms with Crippen LogP contribution in [-0.4, -0.2) is 44.0 Å². The summed E-state index contributed by atoms with van der Waals surface area (Å²) in [6, 6.07) is 3.44. The van der Waals surface area contributed by atoms with Crippen molar-refractivity contribution in [3.8, 4) is 0 Å². The van der Waals surface area contributed by atoms with E-state index in [1.54, 1.807) is 18.3 Å². The fourth-order valence-electron chi connectivity index (χ4n) is 1.36. The number of primary amides is 1.